The van der Waals surface area contributed by atoms with E-state index in [-0.39, 0.29) is 36.3 Å². The molecule has 1 aromatic rings. The van der Waals surface area contributed by atoms with Crippen LogP contribution in [-0.2, 0) is 16.0 Å². The molecule has 3 N–H and O–H groups in total. The first kappa shape index (κ1) is 18.5. The van der Waals surface area contributed by atoms with E-state index in [1.54, 1.807) is 17.0 Å². The standard InChI is InChI=1S/C17H23NO5/c1-3-13(10-12-8-9-14(19)15(20)11-12)18(4-2)16(21)6-5-7-17(22)23/h3,8-9,11,13,19-20H,1,4-7,10H2,2H3,(H,22,23). The van der Waals surface area contributed by atoms with Crippen molar-refractivity contribution in [3.8, 4) is 11.5 Å². The average molecular weight is 321 g/mol. The number of rotatable bonds is 9. The van der Waals surface area contributed by atoms with Crippen molar-refractivity contribution in [2.45, 2.75) is 38.6 Å². The van der Waals surface area contributed by atoms with Crippen LogP contribution in [-0.4, -0.2) is 44.7 Å². The van der Waals surface area contributed by atoms with E-state index in [1.165, 1.54) is 12.1 Å². The molecule has 126 valence electrons. The van der Waals surface area contributed by atoms with E-state index in [2.05, 4.69) is 6.58 Å². The van der Waals surface area contributed by atoms with Crippen LogP contribution in [0.25, 0.3) is 0 Å². The Bertz CT molecular complexity index is 570. The fraction of sp³-hybridized carbons (Fsp3) is 0.412. The number of carboxylic acid groups (broad SMARTS) is 1. The second-order valence-corrected chi connectivity index (χ2v) is 5.26. The first-order valence-electron chi connectivity index (χ1n) is 7.53. The molecule has 0 aliphatic carbocycles. The normalized spacial score (nSPS) is 11.7. The molecule has 0 radical (unpaired) electrons. The van der Waals surface area contributed by atoms with Crippen molar-refractivity contribution in [2.75, 3.05) is 6.54 Å². The largest absolute Gasteiger partial charge is 0.504 e. The van der Waals surface area contributed by atoms with Crippen molar-refractivity contribution in [3.63, 3.8) is 0 Å². The van der Waals surface area contributed by atoms with Gasteiger partial charge in [-0.05, 0) is 37.5 Å². The summed E-state index contributed by atoms with van der Waals surface area (Å²) in [6, 6.07) is 4.26. The van der Waals surface area contributed by atoms with Crippen molar-refractivity contribution < 1.29 is 24.9 Å². The molecule has 0 spiro atoms. The summed E-state index contributed by atoms with van der Waals surface area (Å²) in [5.74, 6) is -1.44. The minimum atomic E-state index is -0.916. The van der Waals surface area contributed by atoms with Gasteiger partial charge in [0.05, 0.1) is 6.04 Å². The number of carboxylic acids is 1. The third-order valence-corrected chi connectivity index (χ3v) is 3.60. The number of hydrogen-bond acceptors (Lipinski definition) is 4. The van der Waals surface area contributed by atoms with Gasteiger partial charge in [-0.15, -0.1) is 6.58 Å². The van der Waals surface area contributed by atoms with Gasteiger partial charge in [0, 0.05) is 19.4 Å². The zero-order valence-electron chi connectivity index (χ0n) is 13.2. The summed E-state index contributed by atoms with van der Waals surface area (Å²) in [6.45, 7) is 6.08. The molecule has 0 aliphatic heterocycles. The lowest BCUT2D eigenvalue weighted by atomic mass is 10.0. The number of aromatic hydroxyl groups is 2. The summed E-state index contributed by atoms with van der Waals surface area (Å²) in [4.78, 5) is 24.4. The monoisotopic (exact) mass is 321 g/mol. The molecular formula is C17H23NO5. The molecule has 1 atom stereocenters. The number of phenolic OH excluding ortho intramolecular Hbond substituents is 2. The maximum Gasteiger partial charge on any atom is 0.303 e. The summed E-state index contributed by atoms with van der Waals surface area (Å²) < 4.78 is 0. The fourth-order valence-electron chi connectivity index (χ4n) is 2.39. The van der Waals surface area contributed by atoms with Crippen molar-refractivity contribution in [1.29, 1.82) is 0 Å². The Morgan fingerprint density at radius 3 is 2.48 bits per heavy atom. The SMILES string of the molecule is C=CC(Cc1ccc(O)c(O)c1)N(CC)C(=O)CCCC(=O)O. The van der Waals surface area contributed by atoms with Gasteiger partial charge < -0.3 is 20.2 Å². The zero-order chi connectivity index (χ0) is 17.4. The Hall–Kier alpha value is -2.50. The van der Waals surface area contributed by atoms with Crippen LogP contribution in [0, 0.1) is 0 Å². The molecule has 0 aliphatic rings. The number of nitrogens with zero attached hydrogens (tertiary/aromatic N) is 1. The number of carbonyl (C=O) groups excluding carboxylic acids is 1. The van der Waals surface area contributed by atoms with Gasteiger partial charge in [-0.3, -0.25) is 9.59 Å². The summed E-state index contributed by atoms with van der Waals surface area (Å²) in [5.41, 5.74) is 0.766. The molecule has 0 saturated heterocycles. The summed E-state index contributed by atoms with van der Waals surface area (Å²) in [7, 11) is 0. The van der Waals surface area contributed by atoms with Gasteiger partial charge in [0.2, 0.25) is 5.91 Å². The van der Waals surface area contributed by atoms with Crippen LogP contribution in [0.15, 0.2) is 30.9 Å². The van der Waals surface area contributed by atoms with Gasteiger partial charge in [-0.1, -0.05) is 12.1 Å². The van der Waals surface area contributed by atoms with E-state index in [1.807, 2.05) is 6.92 Å². The number of phenols is 2. The zero-order valence-corrected chi connectivity index (χ0v) is 13.2. The number of benzene rings is 1. The molecule has 1 amide bonds. The molecule has 6 heteroatoms. The van der Waals surface area contributed by atoms with Gasteiger partial charge in [0.25, 0.3) is 0 Å². The maximum absolute atomic E-state index is 12.3. The van der Waals surface area contributed by atoms with Gasteiger partial charge in [-0.2, -0.15) is 0 Å². The van der Waals surface area contributed by atoms with E-state index >= 15 is 0 Å². The van der Waals surface area contributed by atoms with Gasteiger partial charge >= 0.3 is 5.97 Å². The Labute approximate surface area is 135 Å². The molecule has 0 fully saturated rings. The molecule has 1 aromatic carbocycles. The number of amides is 1. The molecular weight excluding hydrogens is 298 g/mol. The predicted octanol–water partition coefficient (Wildman–Crippen LogP) is 2.30. The lowest BCUT2D eigenvalue weighted by Crippen LogP contribution is -2.40. The van der Waals surface area contributed by atoms with Gasteiger partial charge in [0.1, 0.15) is 0 Å². The van der Waals surface area contributed by atoms with E-state index in [9.17, 15) is 19.8 Å². The molecule has 0 bridgehead atoms. The molecule has 0 aromatic heterocycles. The molecule has 0 heterocycles. The third-order valence-electron chi connectivity index (χ3n) is 3.60. The van der Waals surface area contributed by atoms with E-state index in [0.29, 0.717) is 19.4 Å². The lowest BCUT2D eigenvalue weighted by molar-refractivity contribution is -0.137. The second kappa shape index (κ2) is 8.82. The topological polar surface area (TPSA) is 98.1 Å². The van der Waals surface area contributed by atoms with Crippen molar-refractivity contribution in [1.82, 2.24) is 4.90 Å². The molecule has 23 heavy (non-hydrogen) atoms. The first-order chi connectivity index (χ1) is 10.9. The van der Waals surface area contributed by atoms with Crippen LogP contribution in [0.4, 0.5) is 0 Å². The van der Waals surface area contributed by atoms with E-state index in [0.717, 1.165) is 5.56 Å². The Morgan fingerprint density at radius 2 is 1.96 bits per heavy atom. The van der Waals surface area contributed by atoms with Gasteiger partial charge in [0.15, 0.2) is 11.5 Å². The number of carbonyl (C=O) groups is 2. The molecule has 1 unspecified atom stereocenters. The fourth-order valence-corrected chi connectivity index (χ4v) is 2.39. The second-order valence-electron chi connectivity index (χ2n) is 5.26. The smallest absolute Gasteiger partial charge is 0.303 e. The summed E-state index contributed by atoms with van der Waals surface area (Å²) in [5, 5.41) is 27.5. The minimum absolute atomic E-state index is 0.0338. The third kappa shape index (κ3) is 5.65. The quantitative estimate of drug-likeness (QED) is 0.479. The minimum Gasteiger partial charge on any atom is -0.504 e. The highest BCUT2D eigenvalue weighted by molar-refractivity contribution is 5.77. The number of hydrogen-bond donors (Lipinski definition) is 3. The highest BCUT2D eigenvalue weighted by Gasteiger charge is 2.20. The summed E-state index contributed by atoms with van der Waals surface area (Å²) >= 11 is 0. The molecule has 6 nitrogen and oxygen atoms in total. The van der Waals surface area contributed by atoms with E-state index in [4.69, 9.17) is 5.11 Å². The van der Waals surface area contributed by atoms with Crippen LogP contribution in [0.1, 0.15) is 31.7 Å². The average Bonchev–Trinajstić information content (AvgIpc) is 2.50. The van der Waals surface area contributed by atoms with Crippen LogP contribution < -0.4 is 0 Å². The predicted molar refractivity (Wildman–Crippen MR) is 86.3 cm³/mol. The van der Waals surface area contributed by atoms with Crippen molar-refractivity contribution >= 4 is 11.9 Å². The van der Waals surface area contributed by atoms with Crippen molar-refractivity contribution in [2.24, 2.45) is 0 Å². The van der Waals surface area contributed by atoms with Gasteiger partial charge in [-0.25, -0.2) is 0 Å². The maximum atomic E-state index is 12.3. The lowest BCUT2D eigenvalue weighted by Gasteiger charge is -2.29. The first-order valence-corrected chi connectivity index (χ1v) is 7.53. The van der Waals surface area contributed by atoms with E-state index < -0.39 is 5.97 Å². The van der Waals surface area contributed by atoms with Crippen LogP contribution in [0.2, 0.25) is 0 Å². The van der Waals surface area contributed by atoms with Crippen LogP contribution in [0.5, 0.6) is 11.5 Å². The Kier molecular flexibility index (Phi) is 7.12. The number of aliphatic carboxylic acids is 1. The van der Waals surface area contributed by atoms with Crippen molar-refractivity contribution in [3.05, 3.63) is 36.4 Å². The highest BCUT2D eigenvalue weighted by Crippen LogP contribution is 2.26. The molecule has 0 saturated carbocycles. The Morgan fingerprint density at radius 1 is 1.26 bits per heavy atom. The highest BCUT2D eigenvalue weighted by atomic mass is 16.4. The molecule has 1 rings (SSSR count). The Balaban J connectivity index is 2.75. The van der Waals surface area contributed by atoms with Crippen LogP contribution in [0.3, 0.4) is 0 Å². The van der Waals surface area contributed by atoms with Crippen LogP contribution >= 0.6 is 0 Å². The summed E-state index contributed by atoms with van der Waals surface area (Å²) in [6.07, 6.45) is 2.55. The number of likely N-dealkylation sites (N-methyl/N-ethyl adjacent to an activating group) is 1.